The molecule has 98 valence electrons. The monoisotopic (exact) mass is 246 g/mol. The molecular weight excluding hydrogens is 224 g/mol. The number of ether oxygens (including phenoxy) is 1. The van der Waals surface area contributed by atoms with E-state index in [2.05, 4.69) is 0 Å². The molecule has 1 aromatic rings. The number of nitrogen functional groups attached to an aromatic ring is 1. The fourth-order valence-electron chi connectivity index (χ4n) is 2.48. The van der Waals surface area contributed by atoms with Crippen LogP contribution in [0.15, 0.2) is 18.2 Å². The molecule has 1 fully saturated rings. The fraction of sp³-hybridized carbons (Fsp3) is 0.533. The van der Waals surface area contributed by atoms with Crippen LogP contribution in [-0.2, 0) is 0 Å². The fourth-order valence-corrected chi connectivity index (χ4v) is 2.48. The van der Waals surface area contributed by atoms with Gasteiger partial charge in [0.2, 0.25) is 0 Å². The first kappa shape index (κ1) is 12.9. The highest BCUT2D eigenvalue weighted by Crippen LogP contribution is 2.26. The van der Waals surface area contributed by atoms with Crippen LogP contribution in [0.1, 0.15) is 43.2 Å². The third-order valence-corrected chi connectivity index (χ3v) is 3.70. The lowest BCUT2D eigenvalue weighted by atomic mass is 9.90. The summed E-state index contributed by atoms with van der Waals surface area (Å²) in [6.45, 7) is 2.82. The van der Waals surface area contributed by atoms with Crippen LogP contribution < -0.4 is 10.5 Å². The van der Waals surface area contributed by atoms with Crippen molar-refractivity contribution >= 4 is 5.84 Å². The highest BCUT2D eigenvalue weighted by molar-refractivity contribution is 5.95. The van der Waals surface area contributed by atoms with Gasteiger partial charge in [0.05, 0.1) is 6.61 Å². The number of hydrogen-bond acceptors (Lipinski definition) is 2. The summed E-state index contributed by atoms with van der Waals surface area (Å²) < 4.78 is 5.91. The summed E-state index contributed by atoms with van der Waals surface area (Å²) in [4.78, 5) is 0. The van der Waals surface area contributed by atoms with Gasteiger partial charge in [0.1, 0.15) is 11.6 Å². The van der Waals surface area contributed by atoms with E-state index in [1.165, 1.54) is 32.1 Å². The van der Waals surface area contributed by atoms with Crippen molar-refractivity contribution in [2.45, 2.75) is 39.0 Å². The van der Waals surface area contributed by atoms with E-state index in [1.807, 2.05) is 25.1 Å². The van der Waals surface area contributed by atoms with Crippen LogP contribution in [0, 0.1) is 18.3 Å². The summed E-state index contributed by atoms with van der Waals surface area (Å²) in [6, 6.07) is 5.71. The molecule has 0 aliphatic heterocycles. The molecule has 0 amide bonds. The summed E-state index contributed by atoms with van der Waals surface area (Å²) in [5.41, 5.74) is 7.34. The van der Waals surface area contributed by atoms with Crippen molar-refractivity contribution in [2.24, 2.45) is 11.7 Å². The van der Waals surface area contributed by atoms with E-state index < -0.39 is 0 Å². The summed E-state index contributed by atoms with van der Waals surface area (Å²) in [5.74, 6) is 1.66. The quantitative estimate of drug-likeness (QED) is 0.633. The Bertz CT molecular complexity index is 423. The minimum Gasteiger partial charge on any atom is -0.493 e. The number of nitrogens with one attached hydrogen (secondary N) is 1. The van der Waals surface area contributed by atoms with Gasteiger partial charge in [-0.3, -0.25) is 5.41 Å². The molecule has 0 spiro atoms. The van der Waals surface area contributed by atoms with Gasteiger partial charge in [-0.05, 0) is 37.3 Å². The van der Waals surface area contributed by atoms with Gasteiger partial charge in [-0.15, -0.1) is 0 Å². The normalized spacial score (nSPS) is 16.5. The van der Waals surface area contributed by atoms with Gasteiger partial charge in [0.15, 0.2) is 0 Å². The zero-order valence-electron chi connectivity index (χ0n) is 11.0. The summed E-state index contributed by atoms with van der Waals surface area (Å²) in [5, 5.41) is 7.45. The molecule has 3 nitrogen and oxygen atoms in total. The molecule has 0 aromatic heterocycles. The summed E-state index contributed by atoms with van der Waals surface area (Å²) in [6.07, 6.45) is 6.60. The van der Waals surface area contributed by atoms with Crippen LogP contribution in [0.2, 0.25) is 0 Å². The molecule has 18 heavy (non-hydrogen) atoms. The second-order valence-electron chi connectivity index (χ2n) is 5.21. The Hall–Kier alpha value is -1.51. The zero-order valence-corrected chi connectivity index (χ0v) is 11.0. The minimum atomic E-state index is 0.0949. The maximum Gasteiger partial charge on any atom is 0.122 e. The lowest BCUT2D eigenvalue weighted by molar-refractivity contribution is 0.208. The summed E-state index contributed by atoms with van der Waals surface area (Å²) in [7, 11) is 0. The van der Waals surface area contributed by atoms with Gasteiger partial charge in [0, 0.05) is 5.56 Å². The molecular formula is C15H22N2O. The third kappa shape index (κ3) is 3.25. The van der Waals surface area contributed by atoms with E-state index >= 15 is 0 Å². The van der Waals surface area contributed by atoms with Crippen molar-refractivity contribution in [1.82, 2.24) is 0 Å². The Morgan fingerprint density at radius 1 is 1.33 bits per heavy atom. The van der Waals surface area contributed by atoms with Crippen molar-refractivity contribution < 1.29 is 4.74 Å². The first-order valence-corrected chi connectivity index (χ1v) is 6.74. The molecule has 1 saturated carbocycles. The molecule has 0 bridgehead atoms. The van der Waals surface area contributed by atoms with Gasteiger partial charge in [-0.1, -0.05) is 31.4 Å². The molecule has 0 heterocycles. The van der Waals surface area contributed by atoms with Gasteiger partial charge in [-0.25, -0.2) is 0 Å². The Morgan fingerprint density at radius 3 is 2.72 bits per heavy atom. The molecule has 2 rings (SSSR count). The van der Waals surface area contributed by atoms with Crippen molar-refractivity contribution in [2.75, 3.05) is 6.61 Å². The van der Waals surface area contributed by atoms with Gasteiger partial charge in [-0.2, -0.15) is 0 Å². The molecule has 3 N–H and O–H groups in total. The topological polar surface area (TPSA) is 59.1 Å². The number of rotatable bonds is 4. The number of amidine groups is 1. The highest BCUT2D eigenvalue weighted by atomic mass is 16.5. The first-order chi connectivity index (χ1) is 8.66. The average molecular weight is 246 g/mol. The Morgan fingerprint density at radius 2 is 2.06 bits per heavy atom. The maximum atomic E-state index is 7.45. The molecule has 1 aliphatic carbocycles. The predicted molar refractivity (Wildman–Crippen MR) is 74.3 cm³/mol. The third-order valence-electron chi connectivity index (χ3n) is 3.70. The predicted octanol–water partition coefficient (Wildman–Crippen LogP) is 3.24. The van der Waals surface area contributed by atoms with Crippen molar-refractivity contribution in [3.63, 3.8) is 0 Å². The van der Waals surface area contributed by atoms with Crippen LogP contribution in [-0.4, -0.2) is 12.4 Å². The number of hydrogen-bond donors (Lipinski definition) is 2. The second-order valence-corrected chi connectivity index (χ2v) is 5.21. The van der Waals surface area contributed by atoms with Crippen LogP contribution in [0.25, 0.3) is 0 Å². The van der Waals surface area contributed by atoms with E-state index in [9.17, 15) is 0 Å². The molecule has 1 aromatic carbocycles. The maximum absolute atomic E-state index is 7.45. The Balaban J connectivity index is 1.99. The summed E-state index contributed by atoms with van der Waals surface area (Å²) >= 11 is 0. The number of benzene rings is 1. The lowest BCUT2D eigenvalue weighted by Gasteiger charge is -2.22. The van der Waals surface area contributed by atoms with Gasteiger partial charge < -0.3 is 10.5 Å². The number of nitrogens with two attached hydrogens (primary N) is 1. The lowest BCUT2D eigenvalue weighted by Crippen LogP contribution is -2.16. The van der Waals surface area contributed by atoms with Crippen LogP contribution in [0.5, 0.6) is 5.75 Å². The average Bonchev–Trinajstić information content (AvgIpc) is 2.38. The van der Waals surface area contributed by atoms with Gasteiger partial charge >= 0.3 is 0 Å². The van der Waals surface area contributed by atoms with Crippen LogP contribution in [0.3, 0.4) is 0 Å². The van der Waals surface area contributed by atoms with Crippen LogP contribution >= 0.6 is 0 Å². The van der Waals surface area contributed by atoms with Crippen molar-refractivity contribution in [3.8, 4) is 5.75 Å². The molecule has 0 atom stereocenters. The van der Waals surface area contributed by atoms with Crippen molar-refractivity contribution in [3.05, 3.63) is 29.3 Å². The van der Waals surface area contributed by atoms with E-state index in [1.54, 1.807) is 0 Å². The largest absolute Gasteiger partial charge is 0.493 e. The smallest absolute Gasteiger partial charge is 0.122 e. The number of aryl methyl sites for hydroxylation is 1. The molecule has 3 heteroatoms. The second kappa shape index (κ2) is 5.89. The molecule has 0 saturated heterocycles. The molecule has 1 aliphatic rings. The first-order valence-electron chi connectivity index (χ1n) is 6.74. The van der Waals surface area contributed by atoms with E-state index in [0.29, 0.717) is 5.92 Å². The molecule has 0 radical (unpaired) electrons. The minimum absolute atomic E-state index is 0.0949. The Kier molecular flexibility index (Phi) is 4.24. The van der Waals surface area contributed by atoms with Gasteiger partial charge in [0.25, 0.3) is 0 Å². The van der Waals surface area contributed by atoms with E-state index in [-0.39, 0.29) is 5.84 Å². The molecule has 0 unspecified atom stereocenters. The van der Waals surface area contributed by atoms with E-state index in [0.717, 1.165) is 23.5 Å². The standard InChI is InChI=1S/C15H22N2O/c1-11-7-8-13(15(16)17)9-14(11)18-10-12-5-3-2-4-6-12/h7-9,12H,2-6,10H2,1H3,(H3,16,17). The van der Waals surface area contributed by atoms with E-state index in [4.69, 9.17) is 15.9 Å². The SMILES string of the molecule is Cc1ccc(C(=N)N)cc1OCC1CCCCC1. The zero-order chi connectivity index (χ0) is 13.0. The van der Waals surface area contributed by atoms with Crippen molar-refractivity contribution in [1.29, 1.82) is 5.41 Å². The van der Waals surface area contributed by atoms with Crippen LogP contribution in [0.4, 0.5) is 0 Å². The highest BCUT2D eigenvalue weighted by Gasteiger charge is 2.14. The Labute approximate surface area is 109 Å².